The molecule has 29 heavy (non-hydrogen) atoms. The highest BCUT2D eigenvalue weighted by atomic mass is 32.2. The predicted octanol–water partition coefficient (Wildman–Crippen LogP) is 4.85. The van der Waals surface area contributed by atoms with Crippen LogP contribution in [0.3, 0.4) is 0 Å². The van der Waals surface area contributed by atoms with Crippen LogP contribution in [0.5, 0.6) is 0 Å². The summed E-state index contributed by atoms with van der Waals surface area (Å²) in [7, 11) is 0. The van der Waals surface area contributed by atoms with Crippen molar-refractivity contribution in [1.82, 2.24) is 4.90 Å². The number of halogens is 1. The summed E-state index contributed by atoms with van der Waals surface area (Å²) < 4.78 is 13.7. The topological polar surface area (TPSA) is 49.4 Å². The van der Waals surface area contributed by atoms with Crippen LogP contribution in [0.15, 0.2) is 78.9 Å². The monoisotopic (exact) mass is 406 g/mol. The number of rotatable bonds is 5. The molecule has 0 bridgehead atoms. The number of carbonyl (C=O) groups excluding carboxylic acids is 2. The van der Waals surface area contributed by atoms with Gasteiger partial charge in [-0.05, 0) is 35.4 Å². The Kier molecular flexibility index (Phi) is 5.62. The first-order valence-electron chi connectivity index (χ1n) is 9.22. The third kappa shape index (κ3) is 4.32. The first-order chi connectivity index (χ1) is 14.1. The Bertz CT molecular complexity index is 1020. The van der Waals surface area contributed by atoms with E-state index in [2.05, 4.69) is 5.32 Å². The van der Waals surface area contributed by atoms with Gasteiger partial charge in [-0.25, -0.2) is 4.39 Å². The number of carbonyl (C=O) groups is 2. The lowest BCUT2D eigenvalue weighted by atomic mass is 10.1. The van der Waals surface area contributed by atoms with Crippen molar-refractivity contribution >= 4 is 29.3 Å². The Labute approximate surface area is 172 Å². The van der Waals surface area contributed by atoms with Crippen LogP contribution in [-0.4, -0.2) is 22.5 Å². The molecule has 1 aliphatic rings. The molecule has 0 aromatic heterocycles. The quantitative estimate of drug-likeness (QED) is 0.659. The summed E-state index contributed by atoms with van der Waals surface area (Å²) in [5, 5.41) is 2.49. The summed E-state index contributed by atoms with van der Waals surface area (Å²) in [6.07, 6.45) is 0. The Morgan fingerprint density at radius 3 is 2.41 bits per heavy atom. The average molecular weight is 406 g/mol. The summed E-state index contributed by atoms with van der Waals surface area (Å²) in [5.41, 5.74) is 2.61. The third-order valence-electron chi connectivity index (χ3n) is 4.74. The van der Waals surface area contributed by atoms with Crippen LogP contribution < -0.4 is 5.32 Å². The molecule has 1 heterocycles. The highest BCUT2D eigenvalue weighted by Gasteiger charge is 2.32. The van der Waals surface area contributed by atoms with E-state index in [1.807, 2.05) is 47.4 Å². The van der Waals surface area contributed by atoms with Gasteiger partial charge in [-0.15, -0.1) is 11.8 Å². The predicted molar refractivity (Wildman–Crippen MR) is 113 cm³/mol. The SMILES string of the molecule is O=C(Nc1ccccc1F)c1ccc(C2SCC(=O)N2Cc2ccccc2)cc1. The minimum Gasteiger partial charge on any atom is -0.322 e. The Morgan fingerprint density at radius 2 is 1.69 bits per heavy atom. The van der Waals surface area contributed by atoms with Crippen molar-refractivity contribution < 1.29 is 14.0 Å². The number of nitrogens with zero attached hydrogens (tertiary/aromatic N) is 1. The van der Waals surface area contributed by atoms with Crippen LogP contribution in [0, 0.1) is 5.82 Å². The molecule has 146 valence electrons. The van der Waals surface area contributed by atoms with Gasteiger partial charge in [0.2, 0.25) is 5.91 Å². The first kappa shape index (κ1) is 19.2. The number of para-hydroxylation sites is 1. The fourth-order valence-corrected chi connectivity index (χ4v) is 4.43. The molecule has 0 saturated carbocycles. The number of amides is 2. The maximum absolute atomic E-state index is 13.7. The molecule has 1 unspecified atom stereocenters. The van der Waals surface area contributed by atoms with Crippen molar-refractivity contribution in [2.24, 2.45) is 0 Å². The molecule has 4 nitrogen and oxygen atoms in total. The number of nitrogens with one attached hydrogen (secondary N) is 1. The molecule has 1 atom stereocenters. The Balaban J connectivity index is 1.48. The van der Waals surface area contributed by atoms with Crippen LogP contribution in [0.2, 0.25) is 0 Å². The van der Waals surface area contributed by atoms with E-state index in [0.717, 1.165) is 11.1 Å². The zero-order valence-electron chi connectivity index (χ0n) is 15.5. The number of hydrogen-bond donors (Lipinski definition) is 1. The maximum Gasteiger partial charge on any atom is 0.255 e. The largest absolute Gasteiger partial charge is 0.322 e. The maximum atomic E-state index is 13.7. The second-order valence-corrected chi connectivity index (χ2v) is 7.80. The number of hydrogen-bond acceptors (Lipinski definition) is 3. The van der Waals surface area contributed by atoms with Gasteiger partial charge in [-0.3, -0.25) is 9.59 Å². The summed E-state index contributed by atoms with van der Waals surface area (Å²) >= 11 is 1.58. The van der Waals surface area contributed by atoms with Crippen molar-refractivity contribution in [2.45, 2.75) is 11.9 Å². The highest BCUT2D eigenvalue weighted by Crippen LogP contribution is 2.39. The summed E-state index contributed by atoms with van der Waals surface area (Å²) in [4.78, 5) is 26.6. The zero-order chi connectivity index (χ0) is 20.2. The van der Waals surface area contributed by atoms with Gasteiger partial charge in [0.1, 0.15) is 11.2 Å². The van der Waals surface area contributed by atoms with Crippen molar-refractivity contribution in [3.05, 3.63) is 101 Å². The normalized spacial score (nSPS) is 16.1. The lowest BCUT2D eigenvalue weighted by molar-refractivity contribution is -0.128. The van der Waals surface area contributed by atoms with E-state index in [0.29, 0.717) is 17.9 Å². The molecule has 1 saturated heterocycles. The molecule has 6 heteroatoms. The second-order valence-electron chi connectivity index (χ2n) is 6.73. The van der Waals surface area contributed by atoms with Gasteiger partial charge < -0.3 is 10.2 Å². The van der Waals surface area contributed by atoms with Crippen molar-refractivity contribution in [2.75, 3.05) is 11.1 Å². The van der Waals surface area contributed by atoms with Gasteiger partial charge in [-0.2, -0.15) is 0 Å². The summed E-state index contributed by atoms with van der Waals surface area (Å²) in [6.45, 7) is 0.548. The highest BCUT2D eigenvalue weighted by molar-refractivity contribution is 8.00. The van der Waals surface area contributed by atoms with Crippen LogP contribution >= 0.6 is 11.8 Å². The fourth-order valence-electron chi connectivity index (χ4n) is 3.24. The van der Waals surface area contributed by atoms with Crippen LogP contribution in [0.1, 0.15) is 26.9 Å². The molecular weight excluding hydrogens is 387 g/mol. The van der Waals surface area contributed by atoms with Gasteiger partial charge >= 0.3 is 0 Å². The van der Waals surface area contributed by atoms with Gasteiger partial charge in [0, 0.05) is 12.1 Å². The van der Waals surface area contributed by atoms with Crippen LogP contribution in [0.4, 0.5) is 10.1 Å². The lowest BCUT2D eigenvalue weighted by Crippen LogP contribution is -2.27. The van der Waals surface area contributed by atoms with E-state index in [4.69, 9.17) is 0 Å². The molecule has 3 aromatic rings. The molecule has 3 aromatic carbocycles. The van der Waals surface area contributed by atoms with Gasteiger partial charge in [0.15, 0.2) is 0 Å². The van der Waals surface area contributed by atoms with E-state index in [1.54, 1.807) is 36.0 Å². The molecule has 0 aliphatic carbocycles. The molecule has 1 fully saturated rings. The summed E-state index contributed by atoms with van der Waals surface area (Å²) in [6, 6.07) is 23.0. The zero-order valence-corrected chi connectivity index (χ0v) is 16.4. The minimum absolute atomic E-state index is 0.0913. The Hall–Kier alpha value is -3.12. The third-order valence-corrected chi connectivity index (χ3v) is 6.00. The Morgan fingerprint density at radius 1 is 1.00 bits per heavy atom. The molecule has 2 amide bonds. The number of thioether (sulfide) groups is 1. The fraction of sp³-hybridized carbons (Fsp3) is 0.130. The standard InChI is InChI=1S/C23H19FN2O2S/c24-19-8-4-5-9-20(19)25-22(28)17-10-12-18(13-11-17)23-26(21(27)15-29-23)14-16-6-2-1-3-7-16/h1-13,23H,14-15H2,(H,25,28). The van der Waals surface area contributed by atoms with E-state index in [-0.39, 0.29) is 22.9 Å². The first-order valence-corrected chi connectivity index (χ1v) is 10.3. The van der Waals surface area contributed by atoms with Crippen LogP contribution in [0.25, 0.3) is 0 Å². The number of anilines is 1. The molecule has 1 N–H and O–H groups in total. The average Bonchev–Trinajstić information content (AvgIpc) is 3.11. The van der Waals surface area contributed by atoms with Gasteiger partial charge in [-0.1, -0.05) is 54.6 Å². The van der Waals surface area contributed by atoms with Crippen molar-refractivity contribution in [3.63, 3.8) is 0 Å². The number of benzene rings is 3. The van der Waals surface area contributed by atoms with E-state index in [9.17, 15) is 14.0 Å². The van der Waals surface area contributed by atoms with E-state index >= 15 is 0 Å². The lowest BCUT2D eigenvalue weighted by Gasteiger charge is -2.24. The molecular formula is C23H19FN2O2S. The smallest absolute Gasteiger partial charge is 0.255 e. The van der Waals surface area contributed by atoms with Gasteiger partial charge in [0.25, 0.3) is 5.91 Å². The second kappa shape index (κ2) is 8.49. The molecule has 4 rings (SSSR count). The molecule has 0 spiro atoms. The van der Waals surface area contributed by atoms with Crippen LogP contribution in [-0.2, 0) is 11.3 Å². The van der Waals surface area contributed by atoms with Gasteiger partial charge in [0.05, 0.1) is 11.4 Å². The van der Waals surface area contributed by atoms with E-state index in [1.165, 1.54) is 12.1 Å². The van der Waals surface area contributed by atoms with Crippen molar-refractivity contribution in [3.8, 4) is 0 Å². The van der Waals surface area contributed by atoms with Crippen molar-refractivity contribution in [1.29, 1.82) is 0 Å². The summed E-state index contributed by atoms with van der Waals surface area (Å²) in [5.74, 6) is -0.314. The molecule has 1 aliphatic heterocycles. The minimum atomic E-state index is -0.477. The molecule has 0 radical (unpaired) electrons. The van der Waals surface area contributed by atoms with E-state index < -0.39 is 5.82 Å².